The van der Waals surface area contributed by atoms with Gasteiger partial charge in [0.25, 0.3) is 0 Å². The summed E-state index contributed by atoms with van der Waals surface area (Å²) < 4.78 is 5.76. The van der Waals surface area contributed by atoms with Crippen LogP contribution < -0.4 is 5.32 Å². The number of rotatable bonds is 5. The maximum absolute atomic E-state index is 5.76. The van der Waals surface area contributed by atoms with Gasteiger partial charge < -0.3 is 10.1 Å². The van der Waals surface area contributed by atoms with E-state index in [2.05, 4.69) is 59.9 Å². The van der Waals surface area contributed by atoms with E-state index in [1.807, 2.05) is 7.05 Å². The Labute approximate surface area is 127 Å². The average molecular weight is 281 g/mol. The van der Waals surface area contributed by atoms with Crippen molar-refractivity contribution in [2.24, 2.45) is 0 Å². The number of hydrogen-bond acceptors (Lipinski definition) is 2. The molecule has 0 aliphatic carbocycles. The van der Waals surface area contributed by atoms with Crippen molar-refractivity contribution in [3.8, 4) is 11.1 Å². The topological polar surface area (TPSA) is 21.3 Å². The van der Waals surface area contributed by atoms with Gasteiger partial charge in [-0.25, -0.2) is 0 Å². The lowest BCUT2D eigenvalue weighted by Gasteiger charge is -2.20. The Morgan fingerprint density at radius 2 is 1.76 bits per heavy atom. The molecule has 1 heterocycles. The highest BCUT2D eigenvalue weighted by atomic mass is 16.5. The van der Waals surface area contributed by atoms with Gasteiger partial charge in [-0.05, 0) is 43.0 Å². The van der Waals surface area contributed by atoms with Gasteiger partial charge in [-0.1, -0.05) is 54.6 Å². The smallest absolute Gasteiger partial charge is 0.0594 e. The minimum atomic E-state index is 0.373. The van der Waals surface area contributed by atoms with Crippen molar-refractivity contribution in [2.75, 3.05) is 13.7 Å². The molecule has 21 heavy (non-hydrogen) atoms. The number of benzene rings is 2. The summed E-state index contributed by atoms with van der Waals surface area (Å²) in [6.45, 7) is 0.925. The highest BCUT2D eigenvalue weighted by Crippen LogP contribution is 2.27. The Bertz CT molecular complexity index is 544. The Kier molecular flexibility index (Phi) is 4.69. The van der Waals surface area contributed by atoms with Crippen molar-refractivity contribution in [3.63, 3.8) is 0 Å². The van der Waals surface area contributed by atoms with Crippen molar-refractivity contribution < 1.29 is 4.74 Å². The zero-order chi connectivity index (χ0) is 14.5. The first-order chi connectivity index (χ1) is 10.4. The first kappa shape index (κ1) is 14.3. The highest BCUT2D eigenvalue weighted by molar-refractivity contribution is 5.63. The van der Waals surface area contributed by atoms with Crippen molar-refractivity contribution >= 4 is 0 Å². The fourth-order valence-electron chi connectivity index (χ4n) is 3.05. The van der Waals surface area contributed by atoms with Crippen LogP contribution in [-0.2, 0) is 4.74 Å². The van der Waals surface area contributed by atoms with Crippen molar-refractivity contribution in [1.29, 1.82) is 0 Å². The summed E-state index contributed by atoms with van der Waals surface area (Å²) in [5, 5.41) is 3.42. The van der Waals surface area contributed by atoms with Gasteiger partial charge in [0.2, 0.25) is 0 Å². The van der Waals surface area contributed by atoms with E-state index in [4.69, 9.17) is 4.74 Å². The van der Waals surface area contributed by atoms with Crippen LogP contribution in [0.15, 0.2) is 54.6 Å². The maximum atomic E-state index is 5.76. The van der Waals surface area contributed by atoms with Gasteiger partial charge in [-0.3, -0.25) is 0 Å². The van der Waals surface area contributed by atoms with E-state index in [-0.39, 0.29) is 0 Å². The zero-order valence-corrected chi connectivity index (χ0v) is 12.6. The molecule has 0 radical (unpaired) electrons. The molecular formula is C19H23NO. The molecule has 2 atom stereocenters. The molecule has 2 aromatic carbocycles. The molecule has 0 amide bonds. The molecule has 0 bridgehead atoms. The Balaban J connectivity index is 1.72. The van der Waals surface area contributed by atoms with Crippen LogP contribution in [0.2, 0.25) is 0 Å². The minimum absolute atomic E-state index is 0.373. The molecule has 110 valence electrons. The van der Waals surface area contributed by atoms with Crippen LogP contribution in [-0.4, -0.2) is 19.8 Å². The lowest BCUT2D eigenvalue weighted by molar-refractivity contribution is 0.0954. The predicted molar refractivity (Wildman–Crippen MR) is 87.3 cm³/mol. The fourth-order valence-corrected chi connectivity index (χ4v) is 3.05. The Hall–Kier alpha value is -1.64. The first-order valence-corrected chi connectivity index (χ1v) is 7.81. The predicted octanol–water partition coefficient (Wildman–Crippen LogP) is 4.18. The summed E-state index contributed by atoms with van der Waals surface area (Å²) in [7, 11) is 2.03. The summed E-state index contributed by atoms with van der Waals surface area (Å²) in [5.41, 5.74) is 3.88. The molecule has 3 rings (SSSR count). The zero-order valence-electron chi connectivity index (χ0n) is 12.6. The van der Waals surface area contributed by atoms with E-state index >= 15 is 0 Å². The second-order valence-electron chi connectivity index (χ2n) is 5.70. The molecule has 1 N–H and O–H groups in total. The van der Waals surface area contributed by atoms with Gasteiger partial charge in [0.05, 0.1) is 6.10 Å². The largest absolute Gasteiger partial charge is 0.378 e. The van der Waals surface area contributed by atoms with Crippen LogP contribution in [0.25, 0.3) is 11.1 Å². The molecule has 1 saturated heterocycles. The van der Waals surface area contributed by atoms with Crippen LogP contribution in [0.4, 0.5) is 0 Å². The molecule has 1 fully saturated rings. The third-order valence-corrected chi connectivity index (χ3v) is 4.29. The second-order valence-corrected chi connectivity index (χ2v) is 5.70. The molecule has 0 aromatic heterocycles. The standard InChI is InChI=1S/C19H23NO/c1-20-19(14-18-8-5-13-21-18)17-11-9-16(10-12-17)15-6-3-2-4-7-15/h2-4,6-7,9-12,18-20H,5,8,13-14H2,1H3. The third kappa shape index (κ3) is 3.52. The molecule has 1 aliphatic heterocycles. The molecule has 1 aliphatic rings. The van der Waals surface area contributed by atoms with Gasteiger partial charge >= 0.3 is 0 Å². The molecule has 2 nitrogen and oxygen atoms in total. The van der Waals surface area contributed by atoms with Crippen molar-refractivity contribution in [1.82, 2.24) is 5.32 Å². The normalized spacial score (nSPS) is 19.6. The van der Waals surface area contributed by atoms with Crippen LogP contribution in [0, 0.1) is 0 Å². The SMILES string of the molecule is CNC(CC1CCCO1)c1ccc(-c2ccccc2)cc1. The van der Waals surface area contributed by atoms with Gasteiger partial charge in [0.15, 0.2) is 0 Å². The monoisotopic (exact) mass is 281 g/mol. The maximum Gasteiger partial charge on any atom is 0.0594 e. The minimum Gasteiger partial charge on any atom is -0.378 e. The van der Waals surface area contributed by atoms with Crippen LogP contribution in [0.1, 0.15) is 30.9 Å². The number of nitrogens with one attached hydrogen (secondary N) is 1. The van der Waals surface area contributed by atoms with Gasteiger partial charge in [0.1, 0.15) is 0 Å². The first-order valence-electron chi connectivity index (χ1n) is 7.81. The molecular weight excluding hydrogens is 258 g/mol. The van der Waals surface area contributed by atoms with Gasteiger partial charge in [0, 0.05) is 12.6 Å². The Morgan fingerprint density at radius 1 is 1.05 bits per heavy atom. The molecule has 2 aromatic rings. The summed E-state index contributed by atoms with van der Waals surface area (Å²) >= 11 is 0. The molecule has 2 unspecified atom stereocenters. The van der Waals surface area contributed by atoms with Crippen molar-refractivity contribution in [3.05, 3.63) is 60.2 Å². The quantitative estimate of drug-likeness (QED) is 0.887. The number of hydrogen-bond donors (Lipinski definition) is 1. The van der Waals surface area contributed by atoms with Gasteiger partial charge in [-0.2, -0.15) is 0 Å². The highest BCUT2D eigenvalue weighted by Gasteiger charge is 2.20. The molecule has 2 heteroatoms. The molecule has 0 saturated carbocycles. The lowest BCUT2D eigenvalue weighted by atomic mass is 9.97. The fraction of sp³-hybridized carbons (Fsp3) is 0.368. The van der Waals surface area contributed by atoms with E-state index in [1.54, 1.807) is 0 Å². The van der Waals surface area contributed by atoms with Gasteiger partial charge in [-0.15, -0.1) is 0 Å². The summed E-state index contributed by atoms with van der Waals surface area (Å²) in [4.78, 5) is 0. The average Bonchev–Trinajstić information content (AvgIpc) is 3.07. The van der Waals surface area contributed by atoms with Crippen LogP contribution in [0.5, 0.6) is 0 Å². The second kappa shape index (κ2) is 6.88. The summed E-state index contributed by atoms with van der Waals surface area (Å²) in [6.07, 6.45) is 3.87. The molecule has 0 spiro atoms. The van der Waals surface area contributed by atoms with E-state index in [0.29, 0.717) is 12.1 Å². The third-order valence-electron chi connectivity index (χ3n) is 4.29. The summed E-state index contributed by atoms with van der Waals surface area (Å²) in [6, 6.07) is 19.8. The van der Waals surface area contributed by atoms with E-state index in [9.17, 15) is 0 Å². The summed E-state index contributed by atoms with van der Waals surface area (Å²) in [5.74, 6) is 0. The van der Waals surface area contributed by atoms with Crippen LogP contribution >= 0.6 is 0 Å². The van der Waals surface area contributed by atoms with Crippen LogP contribution in [0.3, 0.4) is 0 Å². The van der Waals surface area contributed by atoms with E-state index < -0.39 is 0 Å². The van der Waals surface area contributed by atoms with E-state index in [1.165, 1.54) is 29.5 Å². The van der Waals surface area contributed by atoms with E-state index in [0.717, 1.165) is 13.0 Å². The number of ether oxygens (including phenoxy) is 1. The van der Waals surface area contributed by atoms with Crippen molar-refractivity contribution in [2.45, 2.75) is 31.4 Å². The lowest BCUT2D eigenvalue weighted by Crippen LogP contribution is -2.22. The Morgan fingerprint density at radius 3 is 2.38 bits per heavy atom.